The molecule has 0 radical (unpaired) electrons. The van der Waals surface area contributed by atoms with Gasteiger partial charge in [0.2, 0.25) is 0 Å². The molecule has 8 heteroatoms. The number of nitrogens with one attached hydrogen (secondary N) is 1. The molecule has 2 aromatic rings. The van der Waals surface area contributed by atoms with Crippen LogP contribution in [0.2, 0.25) is 0 Å². The van der Waals surface area contributed by atoms with Crippen molar-refractivity contribution in [3.8, 4) is 5.75 Å². The van der Waals surface area contributed by atoms with Gasteiger partial charge in [0.1, 0.15) is 30.2 Å². The van der Waals surface area contributed by atoms with Crippen LogP contribution in [0.1, 0.15) is 0 Å². The largest absolute Gasteiger partial charge is 0.506 e. The van der Waals surface area contributed by atoms with Crippen molar-refractivity contribution in [1.29, 1.82) is 0 Å². The van der Waals surface area contributed by atoms with E-state index in [1.54, 1.807) is 6.20 Å². The minimum absolute atomic E-state index is 0.315. The zero-order chi connectivity index (χ0) is 16.3. The average molecular weight is 313 g/mol. The summed E-state index contributed by atoms with van der Waals surface area (Å²) in [7, 11) is 0. The van der Waals surface area contributed by atoms with Gasteiger partial charge in [-0.3, -0.25) is 0 Å². The molecule has 7 N–H and O–H groups in total. The van der Waals surface area contributed by atoms with Crippen LogP contribution in [0.3, 0.4) is 0 Å². The molecule has 1 aliphatic heterocycles. The van der Waals surface area contributed by atoms with E-state index in [-0.39, 0.29) is 0 Å². The van der Waals surface area contributed by atoms with E-state index in [0.717, 1.165) is 10.9 Å². The van der Waals surface area contributed by atoms with E-state index >= 15 is 0 Å². The summed E-state index contributed by atoms with van der Waals surface area (Å²) in [4.78, 5) is 2.94. The molecule has 122 valence electrons. The van der Waals surface area contributed by atoms with Gasteiger partial charge < -0.3 is 40.4 Å². The van der Waals surface area contributed by atoms with E-state index in [4.69, 9.17) is 25.5 Å². The number of aliphatic hydroxyl groups is 5. The molecule has 0 amide bonds. The molecular formula is C14H19NO7. The molecule has 0 spiro atoms. The Morgan fingerprint density at radius 2 is 1.68 bits per heavy atom. The van der Waals surface area contributed by atoms with Crippen LogP contribution in [-0.4, -0.2) is 72.9 Å². The lowest BCUT2D eigenvalue weighted by atomic mass is 10.00. The number of H-pyrrole nitrogens is 1. The van der Waals surface area contributed by atoms with Crippen molar-refractivity contribution < 1.29 is 35.4 Å². The molecule has 2 heterocycles. The number of aromatic amines is 1. The van der Waals surface area contributed by atoms with Crippen molar-refractivity contribution in [2.24, 2.45) is 0 Å². The fourth-order valence-corrected chi connectivity index (χ4v) is 2.14. The number of ether oxygens (including phenoxy) is 1. The summed E-state index contributed by atoms with van der Waals surface area (Å²) in [6, 6.07) is 7.63. The maximum atomic E-state index is 9.18. The van der Waals surface area contributed by atoms with Crippen molar-refractivity contribution in [2.45, 2.75) is 30.7 Å². The van der Waals surface area contributed by atoms with Crippen LogP contribution in [0.25, 0.3) is 10.9 Å². The quantitative estimate of drug-likeness (QED) is 0.344. The highest BCUT2D eigenvalue weighted by Crippen LogP contribution is 2.22. The van der Waals surface area contributed by atoms with E-state index in [1.807, 2.05) is 24.3 Å². The number of aromatic nitrogens is 1. The number of hydrogen-bond acceptors (Lipinski definition) is 7. The molecule has 1 fully saturated rings. The summed E-state index contributed by atoms with van der Waals surface area (Å²) in [5.74, 6) is 0.315. The molecule has 1 aliphatic rings. The Labute approximate surface area is 125 Å². The van der Waals surface area contributed by atoms with Gasteiger partial charge in [0, 0.05) is 17.1 Å². The number of fused-ring (bicyclic) bond motifs is 1. The summed E-state index contributed by atoms with van der Waals surface area (Å²) >= 11 is 0. The molecule has 0 bridgehead atoms. The van der Waals surface area contributed by atoms with E-state index in [2.05, 4.69) is 9.72 Å². The van der Waals surface area contributed by atoms with Crippen LogP contribution in [0.15, 0.2) is 30.5 Å². The molecular weight excluding hydrogens is 294 g/mol. The lowest BCUT2D eigenvalue weighted by Crippen LogP contribution is -2.58. The van der Waals surface area contributed by atoms with Gasteiger partial charge in [-0.1, -0.05) is 12.1 Å². The summed E-state index contributed by atoms with van der Waals surface area (Å²) < 4.78 is 4.58. The predicted molar refractivity (Wildman–Crippen MR) is 75.9 cm³/mol. The highest BCUT2D eigenvalue weighted by molar-refractivity contribution is 5.85. The van der Waals surface area contributed by atoms with Crippen LogP contribution < -0.4 is 0 Å². The van der Waals surface area contributed by atoms with Gasteiger partial charge in [0.25, 0.3) is 0 Å². The molecule has 0 saturated carbocycles. The number of aromatic hydroxyl groups is 1. The van der Waals surface area contributed by atoms with Gasteiger partial charge in [-0.05, 0) is 12.1 Å². The highest BCUT2D eigenvalue weighted by Gasteiger charge is 2.42. The number of rotatable bonds is 1. The number of hydrogen-bond donors (Lipinski definition) is 7. The maximum Gasteiger partial charge on any atom is 0.184 e. The second kappa shape index (κ2) is 7.05. The zero-order valence-corrected chi connectivity index (χ0v) is 11.6. The predicted octanol–water partition coefficient (Wildman–Crippen LogP) is -1.35. The summed E-state index contributed by atoms with van der Waals surface area (Å²) in [6.07, 6.45) is -5.45. The summed E-state index contributed by atoms with van der Waals surface area (Å²) in [5, 5.41) is 54.7. The van der Waals surface area contributed by atoms with Gasteiger partial charge in [-0.25, -0.2) is 0 Å². The fraction of sp³-hybridized carbons (Fsp3) is 0.429. The molecule has 3 rings (SSSR count). The standard InChI is InChI=1S/C8H7NO.C6H12O6/c10-8-5-9-7-4-2-1-3-6(7)8;7-1-2-3(8)4(9)5(10)6(11)12-2/h1-5,9-10H;2-11H,1H2/t;2-,3+,4+,5-,6?/m.1/s1. The van der Waals surface area contributed by atoms with Gasteiger partial charge in [0.05, 0.1) is 6.61 Å². The van der Waals surface area contributed by atoms with Crippen LogP contribution in [0.4, 0.5) is 0 Å². The highest BCUT2D eigenvalue weighted by atomic mass is 16.6. The van der Waals surface area contributed by atoms with E-state index in [0.29, 0.717) is 5.75 Å². The van der Waals surface area contributed by atoms with Crippen LogP contribution in [-0.2, 0) is 4.74 Å². The Hall–Kier alpha value is -1.68. The Bertz CT molecular complexity index is 597. The second-order valence-electron chi connectivity index (χ2n) is 4.94. The monoisotopic (exact) mass is 313 g/mol. The Balaban J connectivity index is 0.000000162. The third kappa shape index (κ3) is 3.38. The van der Waals surface area contributed by atoms with E-state index < -0.39 is 37.3 Å². The number of aliphatic hydroxyl groups excluding tert-OH is 5. The first-order valence-electron chi connectivity index (χ1n) is 6.69. The molecule has 22 heavy (non-hydrogen) atoms. The molecule has 1 aromatic heterocycles. The number of para-hydroxylation sites is 1. The van der Waals surface area contributed by atoms with E-state index in [1.165, 1.54) is 0 Å². The van der Waals surface area contributed by atoms with Crippen molar-refractivity contribution >= 4 is 10.9 Å². The third-order valence-electron chi connectivity index (χ3n) is 3.43. The van der Waals surface area contributed by atoms with Crippen LogP contribution >= 0.6 is 0 Å². The molecule has 1 saturated heterocycles. The van der Waals surface area contributed by atoms with Crippen LogP contribution in [0.5, 0.6) is 5.75 Å². The normalized spacial score (nSPS) is 31.6. The first-order valence-corrected chi connectivity index (χ1v) is 6.69. The van der Waals surface area contributed by atoms with Gasteiger partial charge >= 0.3 is 0 Å². The smallest absolute Gasteiger partial charge is 0.184 e. The maximum absolute atomic E-state index is 9.18. The SMILES string of the molecule is OC[C@H]1OC(O)[C@H](O)[C@@H](O)[C@H]1O.Oc1c[nH]c2ccccc12. The van der Waals surface area contributed by atoms with Crippen molar-refractivity contribution in [2.75, 3.05) is 6.61 Å². The Morgan fingerprint density at radius 3 is 2.32 bits per heavy atom. The zero-order valence-electron chi connectivity index (χ0n) is 11.6. The molecule has 1 unspecified atom stereocenters. The van der Waals surface area contributed by atoms with Crippen molar-refractivity contribution in [3.05, 3.63) is 30.5 Å². The van der Waals surface area contributed by atoms with Gasteiger partial charge in [-0.2, -0.15) is 0 Å². The van der Waals surface area contributed by atoms with Gasteiger partial charge in [0.15, 0.2) is 6.29 Å². The molecule has 5 atom stereocenters. The summed E-state index contributed by atoms with van der Waals surface area (Å²) in [5.41, 5.74) is 0.972. The lowest BCUT2D eigenvalue weighted by molar-refractivity contribution is -0.286. The Kier molecular flexibility index (Phi) is 5.35. The minimum atomic E-state index is -1.57. The Morgan fingerprint density at radius 1 is 1.00 bits per heavy atom. The summed E-state index contributed by atoms with van der Waals surface area (Å²) in [6.45, 7) is -0.526. The first-order chi connectivity index (χ1) is 10.5. The molecule has 0 aliphatic carbocycles. The van der Waals surface area contributed by atoms with Crippen molar-refractivity contribution in [3.63, 3.8) is 0 Å². The minimum Gasteiger partial charge on any atom is -0.506 e. The molecule has 1 aromatic carbocycles. The number of benzene rings is 1. The third-order valence-corrected chi connectivity index (χ3v) is 3.43. The fourth-order valence-electron chi connectivity index (χ4n) is 2.14. The first kappa shape index (κ1) is 16.7. The van der Waals surface area contributed by atoms with E-state index in [9.17, 15) is 5.11 Å². The average Bonchev–Trinajstić information content (AvgIpc) is 2.91. The lowest BCUT2D eigenvalue weighted by Gasteiger charge is -2.37. The topological polar surface area (TPSA) is 146 Å². The second-order valence-corrected chi connectivity index (χ2v) is 4.94. The molecule has 8 nitrogen and oxygen atoms in total. The van der Waals surface area contributed by atoms with Gasteiger partial charge in [-0.15, -0.1) is 0 Å². The van der Waals surface area contributed by atoms with Crippen molar-refractivity contribution in [1.82, 2.24) is 4.98 Å². The van der Waals surface area contributed by atoms with Crippen LogP contribution in [0, 0.1) is 0 Å².